The van der Waals surface area contributed by atoms with Crippen molar-refractivity contribution in [3.05, 3.63) is 40.9 Å². The summed E-state index contributed by atoms with van der Waals surface area (Å²) >= 11 is 3.18. The lowest BCUT2D eigenvalue weighted by Crippen LogP contribution is -2.00. The highest BCUT2D eigenvalue weighted by Crippen LogP contribution is 2.26. The molecule has 18 heavy (non-hydrogen) atoms. The summed E-state index contributed by atoms with van der Waals surface area (Å²) in [6.45, 7) is 2.69. The molecule has 6 heteroatoms. The van der Waals surface area contributed by atoms with Crippen molar-refractivity contribution >= 4 is 21.7 Å². The molecule has 0 aliphatic heterocycles. The highest BCUT2D eigenvalue weighted by Gasteiger charge is 2.07. The maximum atomic E-state index is 13.6. The molecule has 0 saturated carbocycles. The van der Waals surface area contributed by atoms with Gasteiger partial charge in [0.25, 0.3) is 0 Å². The summed E-state index contributed by atoms with van der Waals surface area (Å²) in [6, 6.07) is 6.19. The standard InChI is InChI=1S/C12H11BrFN3O/c1-2-15-11-6-12(17-7-16-11)18-10-4-3-8(13)5-9(10)14/h3-7H,2H2,1H3,(H,15,16,17). The predicted molar refractivity (Wildman–Crippen MR) is 70.4 cm³/mol. The summed E-state index contributed by atoms with van der Waals surface area (Å²) in [6.07, 6.45) is 1.37. The molecule has 0 atom stereocenters. The van der Waals surface area contributed by atoms with Crippen LogP contribution < -0.4 is 10.1 Å². The minimum atomic E-state index is -0.451. The molecule has 2 aromatic rings. The monoisotopic (exact) mass is 311 g/mol. The summed E-state index contributed by atoms with van der Waals surface area (Å²) < 4.78 is 19.6. The largest absolute Gasteiger partial charge is 0.436 e. The molecule has 1 aromatic heterocycles. The molecule has 0 fully saturated rings. The average Bonchev–Trinajstić information content (AvgIpc) is 2.34. The van der Waals surface area contributed by atoms with Crippen molar-refractivity contribution in [1.82, 2.24) is 9.97 Å². The number of rotatable bonds is 4. The zero-order valence-corrected chi connectivity index (χ0v) is 11.2. The first kappa shape index (κ1) is 12.8. The van der Waals surface area contributed by atoms with Gasteiger partial charge < -0.3 is 10.1 Å². The second-order valence-electron chi connectivity index (χ2n) is 3.45. The van der Waals surface area contributed by atoms with Crippen molar-refractivity contribution < 1.29 is 9.13 Å². The first-order valence-corrected chi connectivity index (χ1v) is 6.17. The molecule has 0 radical (unpaired) electrons. The van der Waals surface area contributed by atoms with Crippen LogP contribution in [0.5, 0.6) is 11.6 Å². The van der Waals surface area contributed by atoms with E-state index in [1.165, 1.54) is 18.5 Å². The number of halogens is 2. The molecule has 2 rings (SSSR count). The van der Waals surface area contributed by atoms with E-state index < -0.39 is 5.82 Å². The van der Waals surface area contributed by atoms with Crippen LogP contribution in [0, 0.1) is 5.82 Å². The Kier molecular flexibility index (Phi) is 4.09. The van der Waals surface area contributed by atoms with Crippen LogP contribution in [0.3, 0.4) is 0 Å². The van der Waals surface area contributed by atoms with Gasteiger partial charge in [-0.2, -0.15) is 0 Å². The van der Waals surface area contributed by atoms with Crippen LogP contribution in [-0.4, -0.2) is 16.5 Å². The van der Waals surface area contributed by atoms with E-state index in [4.69, 9.17) is 4.74 Å². The number of nitrogens with zero attached hydrogens (tertiary/aromatic N) is 2. The van der Waals surface area contributed by atoms with Crippen molar-refractivity contribution in [3.63, 3.8) is 0 Å². The molecule has 0 bridgehead atoms. The molecule has 0 aliphatic rings. The van der Waals surface area contributed by atoms with E-state index in [0.29, 0.717) is 16.2 Å². The molecular formula is C12H11BrFN3O. The van der Waals surface area contributed by atoms with Gasteiger partial charge in [-0.1, -0.05) is 15.9 Å². The molecule has 94 valence electrons. The fraction of sp³-hybridized carbons (Fsp3) is 0.167. The van der Waals surface area contributed by atoms with Gasteiger partial charge in [-0.3, -0.25) is 0 Å². The van der Waals surface area contributed by atoms with E-state index in [2.05, 4.69) is 31.2 Å². The van der Waals surface area contributed by atoms with Crippen molar-refractivity contribution in [3.8, 4) is 11.6 Å². The van der Waals surface area contributed by atoms with Crippen LogP contribution in [0.15, 0.2) is 35.1 Å². The third kappa shape index (κ3) is 3.16. The van der Waals surface area contributed by atoms with E-state index in [1.54, 1.807) is 12.1 Å². The molecule has 4 nitrogen and oxygen atoms in total. The van der Waals surface area contributed by atoms with Gasteiger partial charge in [-0.25, -0.2) is 14.4 Å². The predicted octanol–water partition coefficient (Wildman–Crippen LogP) is 3.60. The van der Waals surface area contributed by atoms with E-state index >= 15 is 0 Å². The second-order valence-corrected chi connectivity index (χ2v) is 4.36. The summed E-state index contributed by atoms with van der Waals surface area (Å²) in [4.78, 5) is 7.93. The van der Waals surface area contributed by atoms with E-state index in [-0.39, 0.29) is 5.75 Å². The van der Waals surface area contributed by atoms with Crippen LogP contribution in [0.2, 0.25) is 0 Å². The van der Waals surface area contributed by atoms with Gasteiger partial charge in [0.2, 0.25) is 5.88 Å². The molecular weight excluding hydrogens is 301 g/mol. The van der Waals surface area contributed by atoms with Crippen molar-refractivity contribution in [1.29, 1.82) is 0 Å². The van der Waals surface area contributed by atoms with Crippen LogP contribution in [-0.2, 0) is 0 Å². The number of hydrogen-bond acceptors (Lipinski definition) is 4. The minimum absolute atomic E-state index is 0.124. The lowest BCUT2D eigenvalue weighted by Gasteiger charge is -2.07. The van der Waals surface area contributed by atoms with E-state index in [0.717, 1.165) is 6.54 Å². The Hall–Kier alpha value is -1.69. The number of ether oxygens (including phenoxy) is 1. The van der Waals surface area contributed by atoms with Crippen LogP contribution in [0.25, 0.3) is 0 Å². The maximum Gasteiger partial charge on any atom is 0.224 e. The molecule has 0 saturated heterocycles. The Morgan fingerprint density at radius 3 is 2.89 bits per heavy atom. The Morgan fingerprint density at radius 1 is 1.33 bits per heavy atom. The van der Waals surface area contributed by atoms with Crippen LogP contribution in [0.1, 0.15) is 6.92 Å². The first-order valence-electron chi connectivity index (χ1n) is 5.38. The molecule has 1 aromatic carbocycles. The Morgan fingerprint density at radius 2 is 2.17 bits per heavy atom. The molecule has 0 unspecified atom stereocenters. The van der Waals surface area contributed by atoms with Crippen molar-refractivity contribution in [2.75, 3.05) is 11.9 Å². The normalized spacial score (nSPS) is 10.2. The third-order valence-corrected chi connectivity index (χ3v) is 2.60. The number of aromatic nitrogens is 2. The molecule has 1 N–H and O–H groups in total. The maximum absolute atomic E-state index is 13.6. The number of benzene rings is 1. The average molecular weight is 312 g/mol. The summed E-state index contributed by atoms with van der Waals surface area (Å²) in [5.74, 6) is 0.606. The molecule has 1 heterocycles. The lowest BCUT2D eigenvalue weighted by molar-refractivity contribution is 0.426. The Bertz CT molecular complexity index is 551. The molecule has 0 amide bonds. The fourth-order valence-electron chi connectivity index (χ4n) is 1.34. The summed E-state index contributed by atoms with van der Waals surface area (Å²) in [5, 5.41) is 3.03. The zero-order chi connectivity index (χ0) is 13.0. The van der Waals surface area contributed by atoms with Crippen molar-refractivity contribution in [2.45, 2.75) is 6.92 Å². The smallest absolute Gasteiger partial charge is 0.224 e. The molecule has 0 aliphatic carbocycles. The number of nitrogens with one attached hydrogen (secondary N) is 1. The van der Waals surface area contributed by atoms with Gasteiger partial charge in [-0.15, -0.1) is 0 Å². The van der Waals surface area contributed by atoms with Crippen LogP contribution >= 0.6 is 15.9 Å². The number of hydrogen-bond donors (Lipinski definition) is 1. The number of anilines is 1. The van der Waals surface area contributed by atoms with Crippen molar-refractivity contribution in [2.24, 2.45) is 0 Å². The first-order chi connectivity index (χ1) is 8.69. The van der Waals surface area contributed by atoms with Gasteiger partial charge in [0, 0.05) is 17.1 Å². The highest BCUT2D eigenvalue weighted by atomic mass is 79.9. The minimum Gasteiger partial charge on any atom is -0.436 e. The van der Waals surface area contributed by atoms with Gasteiger partial charge in [0.15, 0.2) is 11.6 Å². The fourth-order valence-corrected chi connectivity index (χ4v) is 1.68. The third-order valence-electron chi connectivity index (χ3n) is 2.11. The van der Waals surface area contributed by atoms with Gasteiger partial charge >= 0.3 is 0 Å². The second kappa shape index (κ2) is 5.77. The van der Waals surface area contributed by atoms with Gasteiger partial charge in [0.05, 0.1) is 0 Å². The highest BCUT2D eigenvalue weighted by molar-refractivity contribution is 9.10. The lowest BCUT2D eigenvalue weighted by atomic mass is 10.3. The Labute approximate surface area is 112 Å². The SMILES string of the molecule is CCNc1cc(Oc2ccc(Br)cc2F)ncn1. The van der Waals surface area contributed by atoms with Crippen LogP contribution in [0.4, 0.5) is 10.2 Å². The summed E-state index contributed by atoms with van der Waals surface area (Å²) in [5.41, 5.74) is 0. The van der Waals surface area contributed by atoms with Gasteiger partial charge in [-0.05, 0) is 25.1 Å². The quantitative estimate of drug-likeness (QED) is 0.937. The zero-order valence-electron chi connectivity index (χ0n) is 9.65. The van der Waals surface area contributed by atoms with Gasteiger partial charge in [0.1, 0.15) is 12.1 Å². The Balaban J connectivity index is 2.20. The van der Waals surface area contributed by atoms with E-state index in [1.807, 2.05) is 6.92 Å². The topological polar surface area (TPSA) is 47.0 Å². The molecule has 0 spiro atoms. The van der Waals surface area contributed by atoms with E-state index in [9.17, 15) is 4.39 Å². The summed E-state index contributed by atoms with van der Waals surface area (Å²) in [7, 11) is 0.